The van der Waals surface area contributed by atoms with Crippen LogP contribution in [0, 0.1) is 6.92 Å². The zero-order valence-corrected chi connectivity index (χ0v) is 17.3. The smallest absolute Gasteiger partial charge is 0.249 e. The second-order valence-electron chi connectivity index (χ2n) is 7.84. The summed E-state index contributed by atoms with van der Waals surface area (Å²) in [6.07, 6.45) is 4.75. The fraction of sp³-hybridized carbons (Fsp3) is 0.550. The van der Waals surface area contributed by atoms with Crippen LogP contribution in [0.1, 0.15) is 25.8 Å². The number of quaternary nitrogens is 1. The maximum Gasteiger partial charge on any atom is 0.249 e. The number of aromatic nitrogens is 2. The molecule has 6 nitrogen and oxygen atoms in total. The molecular formula is C20H33N6+. The van der Waals surface area contributed by atoms with Crippen LogP contribution >= 0.6 is 0 Å². The highest BCUT2D eigenvalue weighted by atomic mass is 15.3. The minimum absolute atomic E-state index is 0.609. The standard InChI is InChI=1S/C20H33N6/c1-8-25(13-11-17(3)26(5,6)7)18-9-10-19(16(2)15-18)22-23-20-21-12-14-24(20)4/h9-10,12,14-15,17H,8,11,13H2,1-7H3/q+1. The van der Waals surface area contributed by atoms with Gasteiger partial charge in [-0.05, 0) is 44.5 Å². The summed E-state index contributed by atoms with van der Waals surface area (Å²) in [4.78, 5) is 6.60. The lowest BCUT2D eigenvalue weighted by atomic mass is 10.1. The third kappa shape index (κ3) is 5.14. The monoisotopic (exact) mass is 357 g/mol. The van der Waals surface area contributed by atoms with Crippen LogP contribution in [0.4, 0.5) is 17.3 Å². The largest absolute Gasteiger partial charge is 0.372 e. The number of aryl methyl sites for hydroxylation is 2. The van der Waals surface area contributed by atoms with Gasteiger partial charge >= 0.3 is 0 Å². The Morgan fingerprint density at radius 1 is 1.23 bits per heavy atom. The molecular weight excluding hydrogens is 324 g/mol. The van der Waals surface area contributed by atoms with E-state index < -0.39 is 0 Å². The van der Waals surface area contributed by atoms with Crippen molar-refractivity contribution in [1.29, 1.82) is 0 Å². The average Bonchev–Trinajstić information content (AvgIpc) is 2.98. The topological polar surface area (TPSA) is 45.8 Å². The van der Waals surface area contributed by atoms with E-state index in [1.54, 1.807) is 6.20 Å². The Hall–Kier alpha value is -2.21. The van der Waals surface area contributed by atoms with Crippen LogP contribution < -0.4 is 4.90 Å². The first-order chi connectivity index (χ1) is 12.2. The first-order valence-corrected chi connectivity index (χ1v) is 9.28. The Kier molecular flexibility index (Phi) is 6.53. The fourth-order valence-electron chi connectivity index (χ4n) is 2.70. The molecule has 0 aliphatic rings. The van der Waals surface area contributed by atoms with Gasteiger partial charge in [-0.1, -0.05) is 0 Å². The number of anilines is 1. The van der Waals surface area contributed by atoms with Gasteiger partial charge in [0, 0.05) is 44.6 Å². The van der Waals surface area contributed by atoms with E-state index in [1.807, 2.05) is 23.9 Å². The second kappa shape index (κ2) is 8.45. The normalized spacial score (nSPS) is 13.3. The summed E-state index contributed by atoms with van der Waals surface area (Å²) in [5.41, 5.74) is 3.25. The Labute approximate surface area is 157 Å². The highest BCUT2D eigenvalue weighted by Gasteiger charge is 2.19. The molecule has 0 fully saturated rings. The zero-order valence-electron chi connectivity index (χ0n) is 17.3. The molecule has 0 amide bonds. The summed E-state index contributed by atoms with van der Waals surface area (Å²) in [6.45, 7) is 8.66. The number of nitrogens with zero attached hydrogens (tertiary/aromatic N) is 6. The number of hydrogen-bond donors (Lipinski definition) is 0. The molecule has 2 rings (SSSR count). The van der Waals surface area contributed by atoms with Gasteiger partial charge in [0.25, 0.3) is 0 Å². The average molecular weight is 358 g/mol. The Morgan fingerprint density at radius 3 is 2.50 bits per heavy atom. The quantitative estimate of drug-likeness (QED) is 0.517. The predicted octanol–water partition coefficient (Wildman–Crippen LogP) is 4.46. The van der Waals surface area contributed by atoms with Crippen molar-refractivity contribution >= 4 is 17.3 Å². The van der Waals surface area contributed by atoms with Crippen molar-refractivity contribution in [3.05, 3.63) is 36.2 Å². The molecule has 1 heterocycles. The van der Waals surface area contributed by atoms with Crippen molar-refractivity contribution in [2.75, 3.05) is 39.1 Å². The molecule has 0 N–H and O–H groups in total. The molecule has 0 saturated carbocycles. The molecule has 26 heavy (non-hydrogen) atoms. The summed E-state index contributed by atoms with van der Waals surface area (Å²) in [5, 5.41) is 8.60. The van der Waals surface area contributed by atoms with Crippen molar-refractivity contribution in [2.45, 2.75) is 33.2 Å². The van der Waals surface area contributed by atoms with Crippen LogP contribution in [0.25, 0.3) is 0 Å². The van der Waals surface area contributed by atoms with Crippen molar-refractivity contribution in [2.24, 2.45) is 17.3 Å². The first-order valence-electron chi connectivity index (χ1n) is 9.28. The minimum Gasteiger partial charge on any atom is -0.372 e. The van der Waals surface area contributed by atoms with Crippen molar-refractivity contribution in [3.63, 3.8) is 0 Å². The summed E-state index contributed by atoms with van der Waals surface area (Å²) >= 11 is 0. The predicted molar refractivity (Wildman–Crippen MR) is 109 cm³/mol. The highest BCUT2D eigenvalue weighted by Crippen LogP contribution is 2.26. The van der Waals surface area contributed by atoms with Gasteiger partial charge in [0.2, 0.25) is 5.95 Å². The molecule has 0 bridgehead atoms. The van der Waals surface area contributed by atoms with Gasteiger partial charge in [-0.15, -0.1) is 10.2 Å². The van der Waals surface area contributed by atoms with Crippen LogP contribution in [-0.4, -0.2) is 54.3 Å². The number of azo groups is 1. The van der Waals surface area contributed by atoms with Crippen LogP contribution in [-0.2, 0) is 7.05 Å². The molecule has 142 valence electrons. The van der Waals surface area contributed by atoms with Gasteiger partial charge in [0.05, 0.1) is 32.9 Å². The van der Waals surface area contributed by atoms with E-state index in [0.717, 1.165) is 35.2 Å². The van der Waals surface area contributed by atoms with Crippen LogP contribution in [0.15, 0.2) is 40.8 Å². The Morgan fingerprint density at radius 2 is 1.96 bits per heavy atom. The highest BCUT2D eigenvalue weighted by molar-refractivity contribution is 5.57. The number of imidazole rings is 1. The molecule has 0 saturated heterocycles. The van der Waals surface area contributed by atoms with E-state index in [-0.39, 0.29) is 0 Å². The van der Waals surface area contributed by atoms with Crippen LogP contribution in [0.3, 0.4) is 0 Å². The van der Waals surface area contributed by atoms with E-state index in [4.69, 9.17) is 0 Å². The van der Waals surface area contributed by atoms with Gasteiger partial charge in [0.1, 0.15) is 0 Å². The SMILES string of the molecule is CCN(CCC(C)[N+](C)(C)C)c1ccc(N=Nc2nccn2C)c(C)c1. The van der Waals surface area contributed by atoms with Gasteiger partial charge < -0.3 is 14.0 Å². The molecule has 1 atom stereocenters. The van der Waals surface area contributed by atoms with Gasteiger partial charge in [-0.3, -0.25) is 0 Å². The first kappa shape index (κ1) is 20.1. The molecule has 0 radical (unpaired) electrons. The minimum atomic E-state index is 0.609. The third-order valence-corrected chi connectivity index (χ3v) is 5.11. The molecule has 6 heteroatoms. The van der Waals surface area contributed by atoms with E-state index in [2.05, 4.69) is 74.2 Å². The molecule has 0 spiro atoms. The number of rotatable bonds is 8. The summed E-state index contributed by atoms with van der Waals surface area (Å²) in [7, 11) is 8.68. The maximum atomic E-state index is 4.36. The lowest BCUT2D eigenvalue weighted by Crippen LogP contribution is -2.44. The lowest BCUT2D eigenvalue weighted by Gasteiger charge is -2.33. The zero-order chi connectivity index (χ0) is 19.3. The summed E-state index contributed by atoms with van der Waals surface area (Å²) in [6, 6.07) is 7.01. The third-order valence-electron chi connectivity index (χ3n) is 5.11. The van der Waals surface area contributed by atoms with Gasteiger partial charge in [0.15, 0.2) is 0 Å². The lowest BCUT2D eigenvalue weighted by molar-refractivity contribution is -0.894. The van der Waals surface area contributed by atoms with E-state index in [0.29, 0.717) is 12.0 Å². The maximum absolute atomic E-state index is 4.36. The number of benzene rings is 1. The Balaban J connectivity index is 2.09. The molecule has 2 aromatic rings. The number of hydrogen-bond acceptors (Lipinski definition) is 4. The molecule has 0 aliphatic heterocycles. The fourth-order valence-corrected chi connectivity index (χ4v) is 2.70. The molecule has 1 aromatic heterocycles. The van der Waals surface area contributed by atoms with Gasteiger partial charge in [-0.25, -0.2) is 4.98 Å². The summed E-state index contributed by atoms with van der Waals surface area (Å²) in [5.74, 6) is 0.609. The molecule has 1 aromatic carbocycles. The molecule has 1 unspecified atom stereocenters. The second-order valence-corrected chi connectivity index (χ2v) is 7.84. The van der Waals surface area contributed by atoms with Crippen LogP contribution in [0.5, 0.6) is 0 Å². The van der Waals surface area contributed by atoms with E-state index in [1.165, 1.54) is 5.69 Å². The van der Waals surface area contributed by atoms with Crippen LogP contribution in [0.2, 0.25) is 0 Å². The van der Waals surface area contributed by atoms with Crippen molar-refractivity contribution < 1.29 is 4.48 Å². The van der Waals surface area contributed by atoms with E-state index >= 15 is 0 Å². The Bertz CT molecular complexity index is 741. The molecule has 0 aliphatic carbocycles. The van der Waals surface area contributed by atoms with Crippen molar-refractivity contribution in [1.82, 2.24) is 9.55 Å². The van der Waals surface area contributed by atoms with E-state index in [9.17, 15) is 0 Å². The van der Waals surface area contributed by atoms with Crippen molar-refractivity contribution in [3.8, 4) is 0 Å². The van der Waals surface area contributed by atoms with Gasteiger partial charge in [-0.2, -0.15) is 0 Å². The summed E-state index contributed by atoms with van der Waals surface area (Å²) < 4.78 is 2.84.